The van der Waals surface area contributed by atoms with Crippen LogP contribution in [-0.2, 0) is 25.5 Å². The molecule has 0 bridgehead atoms. The Balaban J connectivity index is 1.43. The number of rotatable bonds is 11. The van der Waals surface area contributed by atoms with Crippen molar-refractivity contribution < 1.29 is 23.9 Å². The standard InChI is InChI=1S/C36H36N4O5/c1-36(2,3)32(34(43)37-30(31(41)35(44)45-4)23-24-11-7-5-8-12-24)38-33(42)27-17-21-29(22-18-27)40-39-28-19-15-26(16-20-28)25-13-9-6-10-14-25/h5-22,30,32H,23H2,1-4H3,(H,37,43)(H,38,42)/t30-,32+/m0/s1. The second-order valence-electron chi connectivity index (χ2n) is 11.5. The average Bonchev–Trinajstić information content (AvgIpc) is 3.05. The normalized spacial score (nSPS) is 12.6. The number of benzene rings is 4. The minimum absolute atomic E-state index is 0.0819. The molecule has 2 amide bonds. The Labute approximate surface area is 262 Å². The Morgan fingerprint density at radius 3 is 1.73 bits per heavy atom. The molecular weight excluding hydrogens is 568 g/mol. The number of ether oxygens (including phenoxy) is 1. The van der Waals surface area contributed by atoms with Crippen LogP contribution in [0.1, 0.15) is 36.7 Å². The van der Waals surface area contributed by atoms with E-state index in [4.69, 9.17) is 0 Å². The maximum absolute atomic E-state index is 13.5. The lowest BCUT2D eigenvalue weighted by Gasteiger charge is -2.31. The molecule has 2 atom stereocenters. The van der Waals surface area contributed by atoms with E-state index in [1.165, 1.54) is 0 Å². The number of amides is 2. The minimum atomic E-state index is -1.17. The first-order valence-electron chi connectivity index (χ1n) is 14.5. The van der Waals surface area contributed by atoms with E-state index in [0.29, 0.717) is 16.9 Å². The zero-order valence-corrected chi connectivity index (χ0v) is 25.7. The zero-order valence-electron chi connectivity index (χ0n) is 25.7. The number of nitrogens with zero attached hydrogens (tertiary/aromatic N) is 2. The SMILES string of the molecule is COC(=O)C(=O)[C@H](Cc1ccccc1)NC(=O)[C@@H](NC(=O)c1ccc(N=Nc2ccc(-c3ccccc3)cc2)cc1)C(C)(C)C. The van der Waals surface area contributed by atoms with Crippen LogP contribution in [0.5, 0.6) is 0 Å². The first-order valence-corrected chi connectivity index (χ1v) is 14.5. The maximum atomic E-state index is 13.5. The fourth-order valence-electron chi connectivity index (χ4n) is 4.59. The van der Waals surface area contributed by atoms with Crippen LogP contribution in [0.3, 0.4) is 0 Å². The summed E-state index contributed by atoms with van der Waals surface area (Å²) in [4.78, 5) is 51.6. The number of ketones is 1. The summed E-state index contributed by atoms with van der Waals surface area (Å²) < 4.78 is 4.61. The van der Waals surface area contributed by atoms with E-state index in [9.17, 15) is 19.2 Å². The number of carbonyl (C=O) groups is 4. The molecule has 9 nitrogen and oxygen atoms in total. The Hall–Kier alpha value is -5.44. The minimum Gasteiger partial charge on any atom is -0.463 e. The number of Topliss-reactive ketones (excluding diaryl/α,β-unsaturated/α-hetero) is 1. The number of esters is 1. The molecule has 45 heavy (non-hydrogen) atoms. The van der Waals surface area contributed by atoms with Crippen LogP contribution in [0.4, 0.5) is 11.4 Å². The van der Waals surface area contributed by atoms with Gasteiger partial charge in [-0.1, -0.05) is 93.6 Å². The van der Waals surface area contributed by atoms with Crippen molar-refractivity contribution in [3.8, 4) is 11.1 Å². The zero-order chi connectivity index (χ0) is 32.4. The summed E-state index contributed by atoms with van der Waals surface area (Å²) in [5.41, 5.74) is 3.76. The maximum Gasteiger partial charge on any atom is 0.376 e. The summed E-state index contributed by atoms with van der Waals surface area (Å²) in [5, 5.41) is 14.0. The van der Waals surface area contributed by atoms with E-state index in [1.807, 2.05) is 60.7 Å². The predicted octanol–water partition coefficient (Wildman–Crippen LogP) is 6.38. The van der Waals surface area contributed by atoms with Crippen molar-refractivity contribution in [2.75, 3.05) is 7.11 Å². The largest absolute Gasteiger partial charge is 0.463 e. The summed E-state index contributed by atoms with van der Waals surface area (Å²) in [6.07, 6.45) is 0.0819. The molecule has 0 fully saturated rings. The Bertz CT molecular complexity index is 1650. The lowest BCUT2D eigenvalue weighted by molar-refractivity contribution is -0.153. The van der Waals surface area contributed by atoms with Gasteiger partial charge in [-0.25, -0.2) is 4.79 Å². The van der Waals surface area contributed by atoms with Crippen LogP contribution in [0.25, 0.3) is 11.1 Å². The number of methoxy groups -OCH3 is 1. The van der Waals surface area contributed by atoms with Gasteiger partial charge >= 0.3 is 5.97 Å². The molecule has 4 aromatic carbocycles. The molecule has 0 spiro atoms. The third-order valence-electron chi connectivity index (χ3n) is 7.09. The first kappa shape index (κ1) is 32.5. The van der Waals surface area contributed by atoms with Gasteiger partial charge in [0.25, 0.3) is 11.7 Å². The van der Waals surface area contributed by atoms with Gasteiger partial charge in [-0.3, -0.25) is 14.4 Å². The Morgan fingerprint density at radius 2 is 1.20 bits per heavy atom. The average molecular weight is 605 g/mol. The summed E-state index contributed by atoms with van der Waals surface area (Å²) in [5.74, 6) is -3.03. The van der Waals surface area contributed by atoms with Crippen molar-refractivity contribution in [2.45, 2.75) is 39.3 Å². The monoisotopic (exact) mass is 604 g/mol. The van der Waals surface area contributed by atoms with Crippen LogP contribution >= 0.6 is 0 Å². The van der Waals surface area contributed by atoms with E-state index < -0.39 is 41.1 Å². The highest BCUT2D eigenvalue weighted by Crippen LogP contribution is 2.25. The van der Waals surface area contributed by atoms with Gasteiger partial charge in [-0.15, -0.1) is 0 Å². The molecular formula is C36H36N4O5. The van der Waals surface area contributed by atoms with Crippen LogP contribution < -0.4 is 10.6 Å². The Kier molecular flexibility index (Phi) is 10.7. The fourth-order valence-corrected chi connectivity index (χ4v) is 4.59. The van der Waals surface area contributed by atoms with E-state index in [-0.39, 0.29) is 6.42 Å². The molecule has 9 heteroatoms. The number of nitrogens with one attached hydrogen (secondary N) is 2. The number of hydrogen-bond acceptors (Lipinski definition) is 7. The highest BCUT2D eigenvalue weighted by atomic mass is 16.5. The molecule has 0 saturated carbocycles. The van der Waals surface area contributed by atoms with E-state index in [1.54, 1.807) is 69.3 Å². The highest BCUT2D eigenvalue weighted by molar-refractivity contribution is 6.36. The first-order chi connectivity index (χ1) is 21.5. The van der Waals surface area contributed by atoms with Gasteiger partial charge < -0.3 is 15.4 Å². The molecule has 230 valence electrons. The van der Waals surface area contributed by atoms with Crippen LogP contribution in [0.2, 0.25) is 0 Å². The predicted molar refractivity (Wildman–Crippen MR) is 172 cm³/mol. The van der Waals surface area contributed by atoms with Crippen molar-refractivity contribution in [1.82, 2.24) is 10.6 Å². The molecule has 0 aromatic heterocycles. The van der Waals surface area contributed by atoms with Crippen molar-refractivity contribution in [3.63, 3.8) is 0 Å². The van der Waals surface area contributed by atoms with Gasteiger partial charge in [0.15, 0.2) is 0 Å². The molecule has 0 unspecified atom stereocenters. The molecule has 4 aromatic rings. The molecule has 0 heterocycles. The van der Waals surface area contributed by atoms with Crippen molar-refractivity contribution in [3.05, 3.63) is 120 Å². The summed E-state index contributed by atoms with van der Waals surface area (Å²) in [7, 11) is 1.11. The van der Waals surface area contributed by atoms with Crippen LogP contribution in [0, 0.1) is 5.41 Å². The smallest absolute Gasteiger partial charge is 0.376 e. The molecule has 0 saturated heterocycles. The third-order valence-corrected chi connectivity index (χ3v) is 7.09. The number of hydrogen-bond donors (Lipinski definition) is 2. The van der Waals surface area contributed by atoms with Gasteiger partial charge in [0.2, 0.25) is 5.91 Å². The van der Waals surface area contributed by atoms with Crippen molar-refractivity contribution in [2.24, 2.45) is 15.6 Å². The van der Waals surface area contributed by atoms with Gasteiger partial charge in [0.05, 0.1) is 18.5 Å². The highest BCUT2D eigenvalue weighted by Gasteiger charge is 2.36. The molecule has 2 N–H and O–H groups in total. The van der Waals surface area contributed by atoms with Crippen LogP contribution in [0.15, 0.2) is 119 Å². The van der Waals surface area contributed by atoms with Crippen molar-refractivity contribution in [1.29, 1.82) is 0 Å². The van der Waals surface area contributed by atoms with E-state index >= 15 is 0 Å². The third kappa shape index (κ3) is 9.03. The van der Waals surface area contributed by atoms with Gasteiger partial charge in [0.1, 0.15) is 12.1 Å². The van der Waals surface area contributed by atoms with Gasteiger partial charge in [0, 0.05) is 12.0 Å². The molecule has 0 aliphatic heterocycles. The van der Waals surface area contributed by atoms with Gasteiger partial charge in [-0.2, -0.15) is 10.2 Å². The van der Waals surface area contributed by atoms with Crippen LogP contribution in [-0.4, -0.2) is 42.8 Å². The lowest BCUT2D eigenvalue weighted by atomic mass is 9.85. The van der Waals surface area contributed by atoms with E-state index in [2.05, 4.69) is 25.6 Å². The molecule has 0 radical (unpaired) electrons. The van der Waals surface area contributed by atoms with E-state index in [0.717, 1.165) is 23.8 Å². The van der Waals surface area contributed by atoms with Gasteiger partial charge in [-0.05, 0) is 58.5 Å². The van der Waals surface area contributed by atoms with Crippen molar-refractivity contribution >= 4 is 34.9 Å². The molecule has 0 aliphatic rings. The Morgan fingerprint density at radius 1 is 0.689 bits per heavy atom. The summed E-state index contributed by atoms with van der Waals surface area (Å²) >= 11 is 0. The quantitative estimate of drug-likeness (QED) is 0.117. The summed E-state index contributed by atoms with van der Waals surface area (Å²) in [6.45, 7) is 5.38. The second kappa shape index (κ2) is 14.8. The topological polar surface area (TPSA) is 126 Å². The summed E-state index contributed by atoms with van der Waals surface area (Å²) in [6, 6.07) is 31.1. The lowest BCUT2D eigenvalue weighted by Crippen LogP contribution is -2.57. The number of azo groups is 1. The molecule has 0 aliphatic carbocycles. The number of carbonyl (C=O) groups excluding carboxylic acids is 4. The second-order valence-corrected chi connectivity index (χ2v) is 11.5. The molecule has 4 rings (SSSR count). The fraction of sp³-hybridized carbons (Fsp3) is 0.222.